The third-order valence-corrected chi connectivity index (χ3v) is 2.98. The molecule has 2 nitrogen and oxygen atoms in total. The molecule has 72 valence electrons. The van der Waals surface area contributed by atoms with Crippen LogP contribution in [0.3, 0.4) is 0 Å². The molecule has 0 atom stereocenters. The Bertz CT molecular complexity index is 287. The molecule has 0 saturated heterocycles. The zero-order chi connectivity index (χ0) is 9.84. The average molecular weight is 404 g/mol. The van der Waals surface area contributed by atoms with E-state index in [0.29, 0.717) is 1.93 Å². The van der Waals surface area contributed by atoms with Crippen LogP contribution in [0.4, 0.5) is 0 Å². The van der Waals surface area contributed by atoms with E-state index in [4.69, 9.17) is 0 Å². The van der Waals surface area contributed by atoms with E-state index < -0.39 is 0 Å². The van der Waals surface area contributed by atoms with Crippen LogP contribution in [-0.2, 0) is 6.42 Å². The summed E-state index contributed by atoms with van der Waals surface area (Å²) in [5, 5.41) is 18.7. The fourth-order valence-electron chi connectivity index (χ4n) is 1.04. The van der Waals surface area contributed by atoms with Gasteiger partial charge in [-0.3, -0.25) is 0 Å². The molecule has 0 spiro atoms. The Morgan fingerprint density at radius 1 is 1.23 bits per heavy atom. The van der Waals surface area contributed by atoms with E-state index in [1.807, 2.05) is 6.07 Å². The van der Waals surface area contributed by atoms with Gasteiger partial charge in [-0.25, -0.2) is 0 Å². The molecule has 4 heteroatoms. The second-order valence-electron chi connectivity index (χ2n) is 2.71. The number of hydrogen-bond acceptors (Lipinski definition) is 2. The van der Waals surface area contributed by atoms with Crippen LogP contribution in [0.1, 0.15) is 12.0 Å². The fraction of sp³-hybridized carbons (Fsp3) is 0.333. The number of alkyl halides is 2. The third kappa shape index (κ3) is 3.49. The molecule has 0 aliphatic carbocycles. The zero-order valence-electron chi connectivity index (χ0n) is 6.87. The van der Waals surface area contributed by atoms with Crippen molar-refractivity contribution in [1.29, 1.82) is 0 Å². The molecule has 13 heavy (non-hydrogen) atoms. The lowest BCUT2D eigenvalue weighted by atomic mass is 10.1. The van der Waals surface area contributed by atoms with Gasteiger partial charge in [-0.05, 0) is 24.5 Å². The van der Waals surface area contributed by atoms with E-state index in [1.54, 1.807) is 6.07 Å². The third-order valence-electron chi connectivity index (χ3n) is 1.73. The summed E-state index contributed by atoms with van der Waals surface area (Å²) >= 11 is 4.66. The largest absolute Gasteiger partial charge is 0.504 e. The van der Waals surface area contributed by atoms with Crippen LogP contribution < -0.4 is 0 Å². The first-order valence-electron chi connectivity index (χ1n) is 3.89. The molecule has 0 aliphatic heterocycles. The van der Waals surface area contributed by atoms with E-state index in [2.05, 4.69) is 45.2 Å². The van der Waals surface area contributed by atoms with Gasteiger partial charge >= 0.3 is 0 Å². The molecule has 0 fully saturated rings. The monoisotopic (exact) mass is 404 g/mol. The van der Waals surface area contributed by atoms with Gasteiger partial charge in [0.1, 0.15) is 0 Å². The van der Waals surface area contributed by atoms with Gasteiger partial charge in [0, 0.05) is 0 Å². The first-order chi connectivity index (χ1) is 6.11. The number of halogens is 2. The van der Waals surface area contributed by atoms with Crippen molar-refractivity contribution in [2.75, 3.05) is 0 Å². The van der Waals surface area contributed by atoms with Crippen LogP contribution in [0.5, 0.6) is 11.5 Å². The van der Waals surface area contributed by atoms with Crippen LogP contribution in [0.2, 0.25) is 0 Å². The maximum atomic E-state index is 9.46. The highest BCUT2D eigenvalue weighted by Crippen LogP contribution is 2.30. The molecule has 2 N–H and O–H groups in total. The lowest BCUT2D eigenvalue weighted by molar-refractivity contribution is 0.399. The SMILES string of the molecule is Oc1cccc(CCC(I)I)c1O. The summed E-state index contributed by atoms with van der Waals surface area (Å²) in [5.74, 6) is -0.00748. The lowest BCUT2D eigenvalue weighted by Crippen LogP contribution is -1.91. The molecular formula is C9H10I2O2. The topological polar surface area (TPSA) is 40.5 Å². The minimum absolute atomic E-state index is 0.0240. The normalized spacial score (nSPS) is 10.7. The van der Waals surface area contributed by atoms with Crippen LogP contribution in [0.25, 0.3) is 0 Å². The second-order valence-corrected chi connectivity index (χ2v) is 8.11. The number of rotatable bonds is 3. The number of benzene rings is 1. The summed E-state index contributed by atoms with van der Waals surface area (Å²) in [5.41, 5.74) is 0.818. The minimum atomic E-state index is -0.0315. The maximum absolute atomic E-state index is 9.46. The predicted octanol–water partition coefficient (Wildman–Crippen LogP) is 3.23. The smallest absolute Gasteiger partial charge is 0.160 e. The van der Waals surface area contributed by atoms with Gasteiger partial charge in [-0.1, -0.05) is 57.3 Å². The Labute approximate surface area is 105 Å². The molecule has 1 rings (SSSR count). The van der Waals surface area contributed by atoms with Crippen molar-refractivity contribution in [3.63, 3.8) is 0 Å². The highest BCUT2D eigenvalue weighted by molar-refractivity contribution is 14.2. The van der Waals surface area contributed by atoms with Gasteiger partial charge in [-0.15, -0.1) is 0 Å². The standard InChI is InChI=1S/C9H10I2O2/c10-8(11)5-4-6-2-1-3-7(12)9(6)13/h1-3,8,12-13H,4-5H2. The summed E-state index contributed by atoms with van der Waals surface area (Å²) < 4.78 is 0.553. The number of aromatic hydroxyl groups is 2. The molecule has 0 unspecified atom stereocenters. The first-order valence-corrected chi connectivity index (χ1v) is 6.38. The van der Waals surface area contributed by atoms with E-state index in [0.717, 1.165) is 18.4 Å². The molecule has 0 bridgehead atoms. The maximum Gasteiger partial charge on any atom is 0.160 e. The minimum Gasteiger partial charge on any atom is -0.504 e. The van der Waals surface area contributed by atoms with E-state index in [1.165, 1.54) is 6.07 Å². The van der Waals surface area contributed by atoms with Gasteiger partial charge in [0.15, 0.2) is 11.5 Å². The molecular weight excluding hydrogens is 394 g/mol. The van der Waals surface area contributed by atoms with Crippen molar-refractivity contribution < 1.29 is 10.2 Å². The first kappa shape index (κ1) is 11.4. The highest BCUT2D eigenvalue weighted by atomic mass is 127. The number of para-hydroxylation sites is 1. The van der Waals surface area contributed by atoms with Crippen molar-refractivity contribution in [2.45, 2.75) is 14.8 Å². The predicted molar refractivity (Wildman–Crippen MR) is 69.9 cm³/mol. The molecule has 0 saturated carbocycles. The molecule has 0 aromatic heterocycles. The van der Waals surface area contributed by atoms with Crippen LogP contribution in [0.15, 0.2) is 18.2 Å². The Morgan fingerprint density at radius 3 is 2.54 bits per heavy atom. The molecule has 1 aromatic rings. The fourth-order valence-corrected chi connectivity index (χ4v) is 1.67. The van der Waals surface area contributed by atoms with Gasteiger partial charge in [0.05, 0.1) is 1.93 Å². The highest BCUT2D eigenvalue weighted by Gasteiger charge is 2.06. The Balaban J connectivity index is 2.71. The van der Waals surface area contributed by atoms with Crippen LogP contribution in [0, 0.1) is 0 Å². The summed E-state index contributed by atoms with van der Waals surface area (Å²) in [6.07, 6.45) is 1.80. The second kappa shape index (κ2) is 5.23. The van der Waals surface area contributed by atoms with Gasteiger partial charge in [-0.2, -0.15) is 0 Å². The molecule has 1 aromatic carbocycles. The van der Waals surface area contributed by atoms with Crippen LogP contribution in [-0.4, -0.2) is 12.1 Å². The zero-order valence-corrected chi connectivity index (χ0v) is 11.2. The van der Waals surface area contributed by atoms with E-state index in [9.17, 15) is 10.2 Å². The Morgan fingerprint density at radius 2 is 1.92 bits per heavy atom. The molecule has 0 radical (unpaired) electrons. The van der Waals surface area contributed by atoms with Crippen molar-refractivity contribution in [3.05, 3.63) is 23.8 Å². The Hall–Kier alpha value is 0.280. The van der Waals surface area contributed by atoms with Crippen molar-refractivity contribution in [1.82, 2.24) is 0 Å². The molecule has 0 amide bonds. The van der Waals surface area contributed by atoms with Crippen LogP contribution >= 0.6 is 45.2 Å². The van der Waals surface area contributed by atoms with Gasteiger partial charge in [0.2, 0.25) is 0 Å². The Kier molecular flexibility index (Phi) is 4.57. The number of hydrogen-bond donors (Lipinski definition) is 2. The summed E-state index contributed by atoms with van der Waals surface area (Å²) in [4.78, 5) is 0. The average Bonchev–Trinajstić information content (AvgIpc) is 2.07. The van der Waals surface area contributed by atoms with Crippen molar-refractivity contribution in [2.24, 2.45) is 0 Å². The van der Waals surface area contributed by atoms with Crippen molar-refractivity contribution >= 4 is 45.2 Å². The van der Waals surface area contributed by atoms with E-state index >= 15 is 0 Å². The summed E-state index contributed by atoms with van der Waals surface area (Å²) in [6, 6.07) is 5.08. The number of aryl methyl sites for hydroxylation is 1. The number of phenolic OH excluding ortho intramolecular Hbond substituents is 2. The molecule has 0 aliphatic rings. The number of phenols is 2. The lowest BCUT2D eigenvalue weighted by Gasteiger charge is -2.06. The summed E-state index contributed by atoms with van der Waals surface area (Å²) in [7, 11) is 0. The van der Waals surface area contributed by atoms with E-state index in [-0.39, 0.29) is 11.5 Å². The van der Waals surface area contributed by atoms with Gasteiger partial charge in [0.25, 0.3) is 0 Å². The molecule has 0 heterocycles. The van der Waals surface area contributed by atoms with Crippen molar-refractivity contribution in [3.8, 4) is 11.5 Å². The quantitative estimate of drug-likeness (QED) is 0.462. The van der Waals surface area contributed by atoms with Gasteiger partial charge < -0.3 is 10.2 Å². The summed E-state index contributed by atoms with van der Waals surface area (Å²) in [6.45, 7) is 0.